The molecule has 0 saturated carbocycles. The molecule has 0 saturated heterocycles. The van der Waals surface area contributed by atoms with E-state index in [9.17, 15) is 4.79 Å². The Morgan fingerprint density at radius 1 is 1.58 bits per heavy atom. The second kappa shape index (κ2) is 7.85. The Labute approximate surface area is 120 Å². The molecule has 0 N–H and O–H groups in total. The highest BCUT2D eigenvalue weighted by molar-refractivity contribution is 7.13. The van der Waals surface area contributed by atoms with Crippen LogP contribution in [0.15, 0.2) is 15.5 Å². The van der Waals surface area contributed by atoms with E-state index in [1.54, 1.807) is 11.7 Å². The van der Waals surface area contributed by atoms with Gasteiger partial charge in [-0.05, 0) is 25.4 Å². The molecule has 6 nitrogen and oxygen atoms in total. The summed E-state index contributed by atoms with van der Waals surface area (Å²) in [5.41, 5.74) is 0.336. The minimum Gasteiger partial charge on any atom is -0.398 e. The van der Waals surface area contributed by atoms with E-state index in [1.807, 2.05) is 18.7 Å². The molecule has 1 rings (SSSR count). The lowest BCUT2D eigenvalue weighted by atomic mass is 10.3. The van der Waals surface area contributed by atoms with Gasteiger partial charge in [0.25, 0.3) is 5.24 Å². The zero-order valence-electron chi connectivity index (χ0n) is 11.0. The smallest absolute Gasteiger partial charge is 0.276 e. The lowest BCUT2D eigenvalue weighted by Gasteiger charge is -2.12. The minimum absolute atomic E-state index is 0.0234. The Morgan fingerprint density at radius 3 is 2.79 bits per heavy atom. The molecule has 0 aliphatic rings. The van der Waals surface area contributed by atoms with Gasteiger partial charge in [0.1, 0.15) is 12.8 Å². The van der Waals surface area contributed by atoms with Crippen LogP contribution in [0, 0.1) is 0 Å². The van der Waals surface area contributed by atoms with Crippen LogP contribution in [0.5, 0.6) is 0 Å². The fourth-order valence-corrected chi connectivity index (χ4v) is 2.00. The maximum absolute atomic E-state index is 11.2. The van der Waals surface area contributed by atoms with Gasteiger partial charge in [0.05, 0.1) is 6.34 Å². The first-order chi connectivity index (χ1) is 9.12. The van der Waals surface area contributed by atoms with Gasteiger partial charge in [0, 0.05) is 18.5 Å². The molecule has 0 aromatic carbocycles. The van der Waals surface area contributed by atoms with Crippen molar-refractivity contribution in [1.29, 1.82) is 0 Å². The Hall–Kier alpha value is -1.47. The Balaban J connectivity index is 2.87. The average Bonchev–Trinajstić information content (AvgIpc) is 2.85. The predicted octanol–water partition coefficient (Wildman–Crippen LogP) is 2.26. The number of hydrogen-bond acceptors (Lipinski definition) is 6. The minimum atomic E-state index is -0.716. The van der Waals surface area contributed by atoms with E-state index >= 15 is 0 Å². The summed E-state index contributed by atoms with van der Waals surface area (Å²) in [6.07, 6.45) is 1.72. The molecule has 104 valence electrons. The molecule has 1 aromatic heterocycles. The van der Waals surface area contributed by atoms with Crippen LogP contribution in [-0.2, 0) is 9.63 Å². The van der Waals surface area contributed by atoms with Crippen molar-refractivity contribution in [2.45, 2.75) is 13.8 Å². The maximum Gasteiger partial charge on any atom is 0.276 e. The van der Waals surface area contributed by atoms with Crippen molar-refractivity contribution in [2.24, 2.45) is 10.1 Å². The second-order valence-corrected chi connectivity index (χ2v) is 4.56. The van der Waals surface area contributed by atoms with E-state index in [2.05, 4.69) is 20.0 Å². The zero-order chi connectivity index (χ0) is 14.3. The van der Waals surface area contributed by atoms with Crippen LogP contribution in [0.3, 0.4) is 0 Å². The first-order valence-corrected chi connectivity index (χ1v) is 6.93. The lowest BCUT2D eigenvalue weighted by Crippen LogP contribution is -2.20. The quantitative estimate of drug-likeness (QED) is 0.335. The van der Waals surface area contributed by atoms with Crippen molar-refractivity contribution < 1.29 is 9.63 Å². The molecule has 0 radical (unpaired) electrons. The monoisotopic (exact) mass is 302 g/mol. The number of carbonyl (C=O) groups excluding carboxylic acids is 1. The fraction of sp³-hybridized carbons (Fsp3) is 0.455. The predicted molar refractivity (Wildman–Crippen MR) is 77.6 cm³/mol. The SMILES string of the molecule is CCN(/C=N/c1nc(/C(=N/OC)C(=O)Cl)cs1)CC. The summed E-state index contributed by atoms with van der Waals surface area (Å²) in [7, 11) is 1.34. The summed E-state index contributed by atoms with van der Waals surface area (Å²) in [6.45, 7) is 5.82. The Kier molecular flexibility index (Phi) is 6.44. The van der Waals surface area contributed by atoms with E-state index in [0.717, 1.165) is 13.1 Å². The Bertz CT molecular complexity index is 483. The number of carbonyl (C=O) groups is 1. The molecular formula is C11H15ClN4O2S. The van der Waals surface area contributed by atoms with Gasteiger partial charge in [-0.3, -0.25) is 4.79 Å². The van der Waals surface area contributed by atoms with Crippen molar-refractivity contribution in [3.63, 3.8) is 0 Å². The summed E-state index contributed by atoms with van der Waals surface area (Å²) in [4.78, 5) is 26.2. The van der Waals surface area contributed by atoms with Crippen LogP contribution < -0.4 is 0 Å². The number of oxime groups is 1. The van der Waals surface area contributed by atoms with Gasteiger partial charge < -0.3 is 9.74 Å². The summed E-state index contributed by atoms with van der Waals surface area (Å²) < 4.78 is 0. The van der Waals surface area contributed by atoms with Crippen LogP contribution in [0.25, 0.3) is 0 Å². The number of rotatable bonds is 7. The first-order valence-electron chi connectivity index (χ1n) is 5.67. The molecule has 0 atom stereocenters. The van der Waals surface area contributed by atoms with Crippen molar-refractivity contribution in [3.05, 3.63) is 11.1 Å². The summed E-state index contributed by atoms with van der Waals surface area (Å²) in [5, 5.41) is 5.03. The number of halogens is 1. The molecule has 0 unspecified atom stereocenters. The normalized spacial score (nSPS) is 11.9. The van der Waals surface area contributed by atoms with Gasteiger partial charge in [-0.15, -0.1) is 11.3 Å². The molecule has 1 aromatic rings. The maximum atomic E-state index is 11.2. The van der Waals surface area contributed by atoms with E-state index in [-0.39, 0.29) is 5.71 Å². The number of nitrogens with zero attached hydrogens (tertiary/aromatic N) is 4. The van der Waals surface area contributed by atoms with E-state index < -0.39 is 5.24 Å². The molecule has 0 fully saturated rings. The molecule has 0 amide bonds. The van der Waals surface area contributed by atoms with E-state index in [0.29, 0.717) is 10.8 Å². The van der Waals surface area contributed by atoms with Crippen molar-refractivity contribution >= 4 is 45.4 Å². The highest BCUT2D eigenvalue weighted by atomic mass is 35.5. The number of hydrogen-bond donors (Lipinski definition) is 0. The second-order valence-electron chi connectivity index (χ2n) is 3.38. The molecular weight excluding hydrogens is 288 g/mol. The van der Waals surface area contributed by atoms with Crippen molar-refractivity contribution in [1.82, 2.24) is 9.88 Å². The molecule has 0 aliphatic carbocycles. The summed E-state index contributed by atoms with van der Waals surface area (Å²) in [5.74, 6) is 0. The van der Waals surface area contributed by atoms with Crippen LogP contribution in [0.1, 0.15) is 19.5 Å². The van der Waals surface area contributed by atoms with Crippen LogP contribution in [-0.4, -0.2) is 47.4 Å². The highest BCUT2D eigenvalue weighted by Crippen LogP contribution is 2.19. The molecule has 8 heteroatoms. The van der Waals surface area contributed by atoms with Gasteiger partial charge in [-0.2, -0.15) is 0 Å². The molecule has 19 heavy (non-hydrogen) atoms. The van der Waals surface area contributed by atoms with Gasteiger partial charge >= 0.3 is 0 Å². The van der Waals surface area contributed by atoms with Gasteiger partial charge in [0.2, 0.25) is 5.13 Å². The third-order valence-corrected chi connectivity index (χ3v) is 3.17. The zero-order valence-corrected chi connectivity index (χ0v) is 12.5. The average molecular weight is 303 g/mol. The van der Waals surface area contributed by atoms with E-state index in [1.165, 1.54) is 18.4 Å². The molecule has 0 aliphatic heterocycles. The fourth-order valence-electron chi connectivity index (χ4n) is 1.22. The third kappa shape index (κ3) is 4.60. The third-order valence-electron chi connectivity index (χ3n) is 2.25. The molecule has 0 bridgehead atoms. The summed E-state index contributed by atoms with van der Waals surface area (Å²) >= 11 is 6.71. The number of aliphatic imine (C=N–C) groups is 1. The van der Waals surface area contributed by atoms with Crippen molar-refractivity contribution in [2.75, 3.05) is 20.2 Å². The molecule has 1 heterocycles. The van der Waals surface area contributed by atoms with Crippen LogP contribution >= 0.6 is 22.9 Å². The van der Waals surface area contributed by atoms with E-state index in [4.69, 9.17) is 11.6 Å². The van der Waals surface area contributed by atoms with Gasteiger partial charge in [0.15, 0.2) is 5.71 Å². The largest absolute Gasteiger partial charge is 0.398 e. The van der Waals surface area contributed by atoms with Crippen LogP contribution in [0.4, 0.5) is 5.13 Å². The molecule has 0 spiro atoms. The van der Waals surface area contributed by atoms with Gasteiger partial charge in [-0.25, -0.2) is 9.98 Å². The Morgan fingerprint density at radius 2 is 2.26 bits per heavy atom. The van der Waals surface area contributed by atoms with Crippen LogP contribution in [0.2, 0.25) is 0 Å². The van der Waals surface area contributed by atoms with Crippen molar-refractivity contribution in [3.8, 4) is 0 Å². The number of aromatic nitrogens is 1. The highest BCUT2D eigenvalue weighted by Gasteiger charge is 2.16. The number of thiazole rings is 1. The summed E-state index contributed by atoms with van der Waals surface area (Å²) in [6, 6.07) is 0. The topological polar surface area (TPSA) is 67.2 Å². The van der Waals surface area contributed by atoms with Gasteiger partial charge in [-0.1, -0.05) is 5.16 Å². The first kappa shape index (κ1) is 15.6. The standard InChI is InChI=1S/C11H15ClN4O2S/c1-4-16(5-2)7-13-11-14-8(6-19-11)9(10(12)17)15-18-3/h6-7H,4-5H2,1-3H3/b13-7+,15-9-. The lowest BCUT2D eigenvalue weighted by molar-refractivity contribution is -0.106.